The van der Waals surface area contributed by atoms with Crippen LogP contribution in [0.5, 0.6) is 5.75 Å². The Hall–Kier alpha value is -2.84. The molecule has 1 saturated carbocycles. The average Bonchev–Trinajstić information content (AvgIpc) is 3.59. The number of alkyl halides is 3. The number of carbonyl (C=O) groups excluding carboxylic acids is 1. The van der Waals surface area contributed by atoms with Crippen LogP contribution in [-0.2, 0) is 11.0 Å². The molecular formula is C21H23F3N4O2. The number of rotatable bonds is 5. The van der Waals surface area contributed by atoms with Crippen molar-refractivity contribution in [3.63, 3.8) is 0 Å². The van der Waals surface area contributed by atoms with Crippen molar-refractivity contribution in [3.8, 4) is 5.75 Å². The largest absolute Gasteiger partial charge is 0.495 e. The van der Waals surface area contributed by atoms with Gasteiger partial charge < -0.3 is 15.0 Å². The molecule has 30 heavy (non-hydrogen) atoms. The van der Waals surface area contributed by atoms with Crippen molar-refractivity contribution in [3.05, 3.63) is 41.9 Å². The lowest BCUT2D eigenvalue weighted by molar-refractivity contribution is -0.137. The number of benzene rings is 1. The summed E-state index contributed by atoms with van der Waals surface area (Å²) in [4.78, 5) is 23.6. The predicted molar refractivity (Wildman–Crippen MR) is 106 cm³/mol. The highest BCUT2D eigenvalue weighted by Crippen LogP contribution is 2.40. The van der Waals surface area contributed by atoms with E-state index in [0.29, 0.717) is 18.9 Å². The van der Waals surface area contributed by atoms with Crippen molar-refractivity contribution in [2.75, 3.05) is 30.4 Å². The number of hydrogen-bond donors (Lipinski definition) is 1. The van der Waals surface area contributed by atoms with Crippen LogP contribution in [0.15, 0.2) is 30.6 Å². The summed E-state index contributed by atoms with van der Waals surface area (Å²) in [5.74, 6) is 0.796. The van der Waals surface area contributed by atoms with Gasteiger partial charge >= 0.3 is 6.18 Å². The molecule has 1 aliphatic carbocycles. The molecule has 1 aromatic heterocycles. The zero-order valence-electron chi connectivity index (χ0n) is 16.6. The van der Waals surface area contributed by atoms with Crippen LogP contribution in [0.1, 0.15) is 42.9 Å². The van der Waals surface area contributed by atoms with Crippen LogP contribution in [0.4, 0.5) is 24.7 Å². The predicted octanol–water partition coefficient (Wildman–Crippen LogP) is 4.24. The molecule has 0 radical (unpaired) electrons. The second kappa shape index (κ2) is 8.12. The van der Waals surface area contributed by atoms with E-state index in [4.69, 9.17) is 4.74 Å². The van der Waals surface area contributed by atoms with E-state index in [0.717, 1.165) is 49.5 Å². The summed E-state index contributed by atoms with van der Waals surface area (Å²) in [6.07, 6.45) is 0.783. The van der Waals surface area contributed by atoms with Crippen LogP contribution in [0, 0.1) is 5.92 Å². The molecule has 1 saturated heterocycles. The van der Waals surface area contributed by atoms with Gasteiger partial charge in [-0.3, -0.25) is 4.79 Å². The second-order valence-corrected chi connectivity index (χ2v) is 7.76. The van der Waals surface area contributed by atoms with Gasteiger partial charge in [-0.25, -0.2) is 9.97 Å². The zero-order chi connectivity index (χ0) is 21.3. The van der Waals surface area contributed by atoms with E-state index in [-0.39, 0.29) is 23.3 Å². The highest BCUT2D eigenvalue weighted by Gasteiger charge is 2.33. The van der Waals surface area contributed by atoms with Gasteiger partial charge in [-0.1, -0.05) is 0 Å². The van der Waals surface area contributed by atoms with E-state index in [1.165, 1.54) is 13.2 Å². The van der Waals surface area contributed by atoms with Gasteiger partial charge in [-0.05, 0) is 43.9 Å². The first kappa shape index (κ1) is 20.4. The molecule has 4 rings (SSSR count). The van der Waals surface area contributed by atoms with Crippen molar-refractivity contribution in [1.29, 1.82) is 0 Å². The number of carbonyl (C=O) groups is 1. The molecule has 2 aliphatic rings. The van der Waals surface area contributed by atoms with Crippen molar-refractivity contribution in [1.82, 2.24) is 9.97 Å². The Bertz CT molecular complexity index is 931. The highest BCUT2D eigenvalue weighted by atomic mass is 19.4. The average molecular weight is 420 g/mol. The van der Waals surface area contributed by atoms with E-state index in [2.05, 4.69) is 15.3 Å². The smallest absolute Gasteiger partial charge is 0.416 e. The van der Waals surface area contributed by atoms with Gasteiger partial charge in [0.1, 0.15) is 17.9 Å². The van der Waals surface area contributed by atoms with Crippen molar-refractivity contribution < 1.29 is 22.7 Å². The third kappa shape index (κ3) is 4.49. The van der Waals surface area contributed by atoms with Gasteiger partial charge in [-0.2, -0.15) is 13.2 Å². The summed E-state index contributed by atoms with van der Waals surface area (Å²) < 4.78 is 44.3. The van der Waals surface area contributed by atoms with E-state index < -0.39 is 11.7 Å². The third-order valence-electron chi connectivity index (χ3n) is 5.57. The summed E-state index contributed by atoms with van der Waals surface area (Å²) in [7, 11) is 1.35. The summed E-state index contributed by atoms with van der Waals surface area (Å²) in [6.45, 7) is 1.23. The molecule has 9 heteroatoms. The molecule has 1 unspecified atom stereocenters. The summed E-state index contributed by atoms with van der Waals surface area (Å²) in [5, 5.41) is 2.63. The molecule has 0 spiro atoms. The minimum atomic E-state index is -4.50. The Labute approximate surface area is 172 Å². The van der Waals surface area contributed by atoms with Gasteiger partial charge in [0.15, 0.2) is 0 Å². The molecule has 160 valence electrons. The van der Waals surface area contributed by atoms with Gasteiger partial charge in [0, 0.05) is 30.8 Å². The normalized spacial score (nSPS) is 19.5. The minimum absolute atomic E-state index is 0.0208. The third-order valence-corrected chi connectivity index (χ3v) is 5.57. The quantitative estimate of drug-likeness (QED) is 0.784. The number of amides is 1. The highest BCUT2D eigenvalue weighted by molar-refractivity contribution is 5.94. The molecule has 6 nitrogen and oxygen atoms in total. The summed E-state index contributed by atoms with van der Waals surface area (Å²) in [5.41, 5.74) is 0.213. The minimum Gasteiger partial charge on any atom is -0.495 e. The second-order valence-electron chi connectivity index (χ2n) is 7.76. The Balaban J connectivity index is 1.48. The molecule has 1 aromatic carbocycles. The number of piperidine rings is 1. The van der Waals surface area contributed by atoms with Gasteiger partial charge in [-0.15, -0.1) is 0 Å². The van der Waals surface area contributed by atoms with Crippen LogP contribution in [-0.4, -0.2) is 36.1 Å². The van der Waals surface area contributed by atoms with Crippen LogP contribution in [0.3, 0.4) is 0 Å². The fourth-order valence-electron chi connectivity index (χ4n) is 3.75. The van der Waals surface area contributed by atoms with Crippen molar-refractivity contribution >= 4 is 17.4 Å². The molecule has 1 aliphatic heterocycles. The van der Waals surface area contributed by atoms with Crippen molar-refractivity contribution in [2.45, 2.75) is 37.8 Å². The Morgan fingerprint density at radius 3 is 2.70 bits per heavy atom. The maximum Gasteiger partial charge on any atom is 0.416 e. The lowest BCUT2D eigenvalue weighted by Crippen LogP contribution is -2.41. The lowest BCUT2D eigenvalue weighted by atomic mass is 9.96. The molecule has 1 atom stereocenters. The number of methoxy groups -OCH3 is 1. The fraction of sp³-hybridized carbons (Fsp3) is 0.476. The first-order valence-corrected chi connectivity index (χ1v) is 9.98. The van der Waals surface area contributed by atoms with Gasteiger partial charge in [0.2, 0.25) is 5.91 Å². The first-order chi connectivity index (χ1) is 14.3. The van der Waals surface area contributed by atoms with Crippen LogP contribution < -0.4 is 15.0 Å². The fourth-order valence-corrected chi connectivity index (χ4v) is 3.75. The van der Waals surface area contributed by atoms with E-state index in [9.17, 15) is 18.0 Å². The monoisotopic (exact) mass is 420 g/mol. The van der Waals surface area contributed by atoms with E-state index in [1.807, 2.05) is 11.0 Å². The molecule has 1 amide bonds. The Kier molecular flexibility index (Phi) is 5.53. The molecule has 2 fully saturated rings. The van der Waals surface area contributed by atoms with E-state index >= 15 is 0 Å². The topological polar surface area (TPSA) is 67.3 Å². The summed E-state index contributed by atoms with van der Waals surface area (Å²) >= 11 is 0. The SMILES string of the molecule is COc1ccc(C(F)(F)F)cc1NC(=O)C1CCCN(c2cc(C3CC3)ncn2)C1. The first-order valence-electron chi connectivity index (χ1n) is 9.98. The maximum atomic E-state index is 13.1. The maximum absolute atomic E-state index is 13.1. The van der Waals surface area contributed by atoms with Gasteiger partial charge in [0.05, 0.1) is 24.3 Å². The number of ether oxygens (including phenoxy) is 1. The van der Waals surface area contributed by atoms with E-state index in [1.54, 1.807) is 6.33 Å². The number of halogens is 3. The zero-order valence-corrected chi connectivity index (χ0v) is 16.6. The number of nitrogens with one attached hydrogen (secondary N) is 1. The van der Waals surface area contributed by atoms with Crippen LogP contribution in [0.25, 0.3) is 0 Å². The molecule has 0 bridgehead atoms. The Morgan fingerprint density at radius 1 is 1.20 bits per heavy atom. The molecular weight excluding hydrogens is 397 g/mol. The van der Waals surface area contributed by atoms with Gasteiger partial charge in [0.25, 0.3) is 0 Å². The van der Waals surface area contributed by atoms with Crippen LogP contribution in [0.2, 0.25) is 0 Å². The number of anilines is 2. The van der Waals surface area contributed by atoms with Crippen LogP contribution >= 0.6 is 0 Å². The Morgan fingerprint density at radius 2 is 2.00 bits per heavy atom. The molecule has 2 heterocycles. The summed E-state index contributed by atoms with van der Waals surface area (Å²) in [6, 6.07) is 5.03. The molecule has 2 aromatic rings. The van der Waals surface area contributed by atoms with Crippen molar-refractivity contribution in [2.24, 2.45) is 5.92 Å². The number of nitrogens with zero attached hydrogens (tertiary/aromatic N) is 3. The number of aromatic nitrogens is 2. The lowest BCUT2D eigenvalue weighted by Gasteiger charge is -2.33. The standard InChI is InChI=1S/C21H23F3N4O2/c1-30-18-7-6-15(21(22,23)24)9-17(18)27-20(29)14-3-2-8-28(11-14)19-10-16(13-4-5-13)25-12-26-19/h6-7,9-10,12-14H,2-5,8,11H2,1H3,(H,27,29). The molecule has 1 N–H and O–H groups in total. The number of hydrogen-bond acceptors (Lipinski definition) is 5.